The first kappa shape index (κ1) is 21.9. The smallest absolute Gasteiger partial charge is 0.290 e. The highest BCUT2D eigenvalue weighted by molar-refractivity contribution is 6.31. The van der Waals surface area contributed by atoms with E-state index in [1.165, 1.54) is 17.2 Å². The van der Waals surface area contributed by atoms with E-state index in [9.17, 15) is 14.7 Å². The Morgan fingerprint density at radius 3 is 2.76 bits per heavy atom. The number of rotatable bonds is 7. The van der Waals surface area contributed by atoms with E-state index in [1.807, 2.05) is 24.4 Å². The number of H-pyrrole nitrogens is 1. The molecule has 4 aromatic rings. The van der Waals surface area contributed by atoms with Crippen LogP contribution >= 0.6 is 11.6 Å². The predicted octanol–water partition coefficient (Wildman–Crippen LogP) is 5.24. The molecule has 0 aliphatic carbocycles. The average Bonchev–Trinajstić information content (AvgIpc) is 3.57. The molecule has 8 heteroatoms. The van der Waals surface area contributed by atoms with Crippen molar-refractivity contribution in [2.75, 3.05) is 13.7 Å². The Balaban J connectivity index is 1.52. The largest absolute Gasteiger partial charge is 0.503 e. The van der Waals surface area contributed by atoms with Gasteiger partial charge in [-0.15, -0.1) is 0 Å². The molecule has 1 amide bonds. The molecule has 0 unspecified atom stereocenters. The van der Waals surface area contributed by atoms with E-state index in [4.69, 9.17) is 20.8 Å². The first-order valence-corrected chi connectivity index (χ1v) is 11.1. The van der Waals surface area contributed by atoms with E-state index in [-0.39, 0.29) is 17.9 Å². The molecule has 0 fully saturated rings. The lowest BCUT2D eigenvalue weighted by Gasteiger charge is -2.27. The number of carbonyl (C=O) groups excluding carboxylic acids is 2. The Bertz CT molecular complexity index is 1420. The van der Waals surface area contributed by atoms with Gasteiger partial charge in [-0.2, -0.15) is 0 Å². The van der Waals surface area contributed by atoms with Gasteiger partial charge in [-0.1, -0.05) is 29.8 Å². The highest BCUT2D eigenvalue weighted by atomic mass is 35.5. The summed E-state index contributed by atoms with van der Waals surface area (Å²) in [6, 6.07) is 14.9. The monoisotopic (exact) mass is 476 g/mol. The third kappa shape index (κ3) is 3.64. The first-order valence-electron chi connectivity index (χ1n) is 10.7. The van der Waals surface area contributed by atoms with Crippen molar-refractivity contribution in [1.82, 2.24) is 9.88 Å². The molecular weight excluding hydrogens is 456 g/mol. The molecule has 0 bridgehead atoms. The van der Waals surface area contributed by atoms with E-state index in [0.29, 0.717) is 17.0 Å². The number of aromatic nitrogens is 1. The molecule has 0 saturated heterocycles. The van der Waals surface area contributed by atoms with Crippen LogP contribution in [0.15, 0.2) is 82.8 Å². The van der Waals surface area contributed by atoms with Gasteiger partial charge < -0.3 is 24.1 Å². The van der Waals surface area contributed by atoms with E-state index in [1.54, 1.807) is 37.4 Å². The maximum Gasteiger partial charge on any atom is 0.290 e. The van der Waals surface area contributed by atoms with Crippen molar-refractivity contribution < 1.29 is 23.8 Å². The first-order chi connectivity index (χ1) is 16.5. The van der Waals surface area contributed by atoms with Gasteiger partial charge in [-0.3, -0.25) is 9.59 Å². The number of ketones is 1. The summed E-state index contributed by atoms with van der Waals surface area (Å²) in [5, 5.41) is 12.1. The molecule has 0 radical (unpaired) electrons. The summed E-state index contributed by atoms with van der Waals surface area (Å²) in [6.07, 6.45) is 3.74. The number of aromatic amines is 1. The second-order valence-corrected chi connectivity index (χ2v) is 8.37. The van der Waals surface area contributed by atoms with Crippen molar-refractivity contribution >= 4 is 34.2 Å². The van der Waals surface area contributed by atoms with Crippen molar-refractivity contribution in [3.8, 4) is 5.75 Å². The zero-order chi connectivity index (χ0) is 23.8. The van der Waals surface area contributed by atoms with E-state index in [0.717, 1.165) is 22.2 Å². The number of carbonyl (C=O) groups is 2. The van der Waals surface area contributed by atoms with Crippen LogP contribution in [0.25, 0.3) is 10.9 Å². The number of halogens is 1. The Labute approximate surface area is 200 Å². The Kier molecular flexibility index (Phi) is 5.63. The highest BCUT2D eigenvalue weighted by Gasteiger charge is 2.44. The lowest BCUT2D eigenvalue weighted by molar-refractivity contribution is -0.129. The zero-order valence-electron chi connectivity index (χ0n) is 18.2. The molecular formula is C26H21ClN2O5. The highest BCUT2D eigenvalue weighted by Crippen LogP contribution is 2.41. The Morgan fingerprint density at radius 2 is 2.03 bits per heavy atom. The number of aliphatic hydroxyl groups excluding tert-OH is 1. The van der Waals surface area contributed by atoms with Crippen LogP contribution in [0.3, 0.4) is 0 Å². The molecule has 172 valence electrons. The Hall–Kier alpha value is -3.97. The molecule has 2 N–H and O–H groups in total. The minimum atomic E-state index is -0.849. The number of nitrogens with zero attached hydrogens (tertiary/aromatic N) is 1. The van der Waals surface area contributed by atoms with Gasteiger partial charge in [-0.05, 0) is 53.9 Å². The molecule has 7 nitrogen and oxygen atoms in total. The van der Waals surface area contributed by atoms with Gasteiger partial charge >= 0.3 is 0 Å². The van der Waals surface area contributed by atoms with Gasteiger partial charge in [0, 0.05) is 28.7 Å². The van der Waals surface area contributed by atoms with E-state index < -0.39 is 23.5 Å². The van der Waals surface area contributed by atoms with Crippen LogP contribution < -0.4 is 4.74 Å². The maximum atomic E-state index is 13.2. The van der Waals surface area contributed by atoms with Gasteiger partial charge in [0.25, 0.3) is 5.91 Å². The van der Waals surface area contributed by atoms with Crippen molar-refractivity contribution in [2.45, 2.75) is 12.5 Å². The number of ether oxygens (including phenoxy) is 1. The lowest BCUT2D eigenvalue weighted by atomic mass is 9.95. The third-order valence-corrected chi connectivity index (χ3v) is 6.43. The fourth-order valence-electron chi connectivity index (χ4n) is 4.41. The van der Waals surface area contributed by atoms with Crippen LogP contribution in [-0.2, 0) is 11.2 Å². The quantitative estimate of drug-likeness (QED) is 0.355. The number of hydrogen-bond acceptors (Lipinski definition) is 5. The number of aliphatic hydroxyl groups is 1. The molecule has 2 aromatic carbocycles. The van der Waals surface area contributed by atoms with Crippen LogP contribution in [0, 0.1) is 0 Å². The topological polar surface area (TPSA) is 95.8 Å². The van der Waals surface area contributed by atoms with Crippen molar-refractivity contribution in [3.63, 3.8) is 0 Å². The van der Waals surface area contributed by atoms with Crippen LogP contribution in [0.1, 0.15) is 27.7 Å². The number of hydrogen-bond donors (Lipinski definition) is 2. The molecule has 1 aliphatic heterocycles. The van der Waals surface area contributed by atoms with Crippen LogP contribution in [0.2, 0.25) is 5.02 Å². The van der Waals surface area contributed by atoms with Crippen LogP contribution in [0.5, 0.6) is 5.75 Å². The molecule has 3 heterocycles. The summed E-state index contributed by atoms with van der Waals surface area (Å²) in [7, 11) is 1.61. The SMILES string of the molecule is COc1ccc2[nH]cc(CCN3C(=O)C(O)=C(C(=O)c4ccco4)[C@H]3c3ccccc3Cl)c2c1. The summed E-state index contributed by atoms with van der Waals surface area (Å²) in [6.45, 7) is 0.248. The molecule has 1 aliphatic rings. The summed E-state index contributed by atoms with van der Waals surface area (Å²) >= 11 is 6.48. The fourth-order valence-corrected chi connectivity index (χ4v) is 4.65. The maximum absolute atomic E-state index is 13.2. The molecule has 0 saturated carbocycles. The number of amides is 1. The second-order valence-electron chi connectivity index (χ2n) is 7.97. The minimum absolute atomic E-state index is 0.0389. The standard InChI is InChI=1S/C26H21ClN2O5/c1-33-16-8-9-20-18(13-16)15(14-28-20)10-11-29-23(17-5-2-3-6-19(17)27)22(25(31)26(29)32)24(30)21-7-4-12-34-21/h2-9,12-14,23,28,31H,10-11H2,1H3/t23-/m1/s1. The zero-order valence-corrected chi connectivity index (χ0v) is 19.0. The number of nitrogens with one attached hydrogen (secondary N) is 1. The summed E-state index contributed by atoms with van der Waals surface area (Å²) in [5.41, 5.74) is 2.43. The minimum Gasteiger partial charge on any atom is -0.503 e. The van der Waals surface area contributed by atoms with Gasteiger partial charge in [0.05, 0.1) is 25.0 Å². The summed E-state index contributed by atoms with van der Waals surface area (Å²) in [5.74, 6) is -1.01. The van der Waals surface area contributed by atoms with Crippen molar-refractivity contribution in [1.29, 1.82) is 0 Å². The van der Waals surface area contributed by atoms with Crippen LogP contribution in [-0.4, -0.2) is 40.3 Å². The molecule has 2 aromatic heterocycles. The number of methoxy groups -OCH3 is 1. The lowest BCUT2D eigenvalue weighted by Crippen LogP contribution is -2.33. The van der Waals surface area contributed by atoms with Gasteiger partial charge in [0.15, 0.2) is 11.5 Å². The average molecular weight is 477 g/mol. The molecule has 34 heavy (non-hydrogen) atoms. The van der Waals surface area contributed by atoms with E-state index >= 15 is 0 Å². The molecule has 1 atom stereocenters. The second kappa shape index (κ2) is 8.76. The molecule has 0 spiro atoms. The van der Waals surface area contributed by atoms with Crippen molar-refractivity contribution in [3.05, 3.63) is 100 Å². The van der Waals surface area contributed by atoms with Gasteiger partial charge in [0.1, 0.15) is 5.75 Å². The van der Waals surface area contributed by atoms with Crippen LogP contribution in [0.4, 0.5) is 0 Å². The third-order valence-electron chi connectivity index (χ3n) is 6.09. The van der Waals surface area contributed by atoms with Crippen molar-refractivity contribution in [2.24, 2.45) is 0 Å². The molecule has 5 rings (SSSR count). The van der Waals surface area contributed by atoms with E-state index in [2.05, 4.69) is 4.98 Å². The summed E-state index contributed by atoms with van der Waals surface area (Å²) in [4.78, 5) is 31.1. The number of furan rings is 1. The summed E-state index contributed by atoms with van der Waals surface area (Å²) < 4.78 is 10.6. The number of benzene rings is 2. The normalized spacial score (nSPS) is 16.0. The number of fused-ring (bicyclic) bond motifs is 1. The van der Waals surface area contributed by atoms with Gasteiger partial charge in [0.2, 0.25) is 5.78 Å². The van der Waals surface area contributed by atoms with Gasteiger partial charge in [-0.25, -0.2) is 0 Å². The predicted molar refractivity (Wildman–Crippen MR) is 127 cm³/mol. The fraction of sp³-hybridized carbons (Fsp3) is 0.154. The Morgan fingerprint density at radius 1 is 1.21 bits per heavy atom. The number of Topliss-reactive ketones (excluding diaryl/α,β-unsaturated/α-hetero) is 1.